The third kappa shape index (κ3) is 5.91. The molecule has 1 amide bonds. The molecule has 32 heavy (non-hydrogen) atoms. The van der Waals surface area contributed by atoms with Crippen LogP contribution in [0.1, 0.15) is 50.5 Å². The highest BCUT2D eigenvalue weighted by molar-refractivity contribution is 7.99. The molecule has 2 atom stereocenters. The van der Waals surface area contributed by atoms with E-state index in [1.54, 1.807) is 0 Å². The first-order valence-corrected chi connectivity index (χ1v) is 12.1. The fourth-order valence-corrected chi connectivity index (χ4v) is 4.05. The monoisotopic (exact) mass is 471 g/mol. The fourth-order valence-electron chi connectivity index (χ4n) is 3.17. The fraction of sp³-hybridized carbons (Fsp3) is 0.375. The van der Waals surface area contributed by atoms with Gasteiger partial charge in [-0.15, -0.1) is 10.2 Å². The summed E-state index contributed by atoms with van der Waals surface area (Å²) in [6, 6.07) is 15.6. The van der Waals surface area contributed by atoms with Crippen molar-refractivity contribution in [2.24, 2.45) is 0 Å². The Morgan fingerprint density at radius 2 is 1.75 bits per heavy atom. The van der Waals surface area contributed by atoms with Crippen LogP contribution in [0.3, 0.4) is 0 Å². The van der Waals surface area contributed by atoms with Crippen molar-refractivity contribution in [3.05, 3.63) is 64.9 Å². The van der Waals surface area contributed by atoms with Crippen molar-refractivity contribution in [1.82, 2.24) is 19.7 Å². The molecule has 0 radical (unpaired) electrons. The molecule has 0 saturated heterocycles. The van der Waals surface area contributed by atoms with Gasteiger partial charge in [-0.1, -0.05) is 49.3 Å². The van der Waals surface area contributed by atoms with E-state index in [0.29, 0.717) is 16.1 Å². The van der Waals surface area contributed by atoms with Gasteiger partial charge in [0.1, 0.15) is 0 Å². The summed E-state index contributed by atoms with van der Waals surface area (Å²) >= 11 is 7.43. The number of benzene rings is 2. The zero-order valence-corrected chi connectivity index (χ0v) is 20.7. The van der Waals surface area contributed by atoms with Crippen molar-refractivity contribution in [3.8, 4) is 5.69 Å². The van der Waals surface area contributed by atoms with Gasteiger partial charge in [-0.2, -0.15) is 0 Å². The third-order valence-electron chi connectivity index (χ3n) is 5.60. The number of amides is 1. The topological polar surface area (TPSA) is 63.1 Å². The maximum atomic E-state index is 12.6. The Balaban J connectivity index is 1.74. The van der Waals surface area contributed by atoms with Gasteiger partial charge in [0.25, 0.3) is 0 Å². The minimum atomic E-state index is -0.0841. The second kappa shape index (κ2) is 11.0. The third-order valence-corrected chi connectivity index (χ3v) is 6.78. The summed E-state index contributed by atoms with van der Waals surface area (Å²) in [4.78, 5) is 14.7. The van der Waals surface area contributed by atoms with Crippen LogP contribution in [-0.4, -0.2) is 45.4 Å². The average Bonchev–Trinajstić information content (AvgIpc) is 3.21. The Kier molecular flexibility index (Phi) is 8.34. The van der Waals surface area contributed by atoms with E-state index in [1.165, 1.54) is 17.3 Å². The number of anilines is 1. The smallest absolute Gasteiger partial charge is 0.234 e. The van der Waals surface area contributed by atoms with Crippen molar-refractivity contribution in [3.63, 3.8) is 0 Å². The second-order valence-corrected chi connectivity index (χ2v) is 9.44. The zero-order chi connectivity index (χ0) is 23.3. The van der Waals surface area contributed by atoms with Crippen molar-refractivity contribution >= 4 is 35.0 Å². The number of carbonyl (C=O) groups is 1. The highest BCUT2D eigenvalue weighted by atomic mass is 35.5. The van der Waals surface area contributed by atoms with Gasteiger partial charge in [-0.3, -0.25) is 14.3 Å². The molecule has 0 aliphatic heterocycles. The molecule has 0 aliphatic carbocycles. The van der Waals surface area contributed by atoms with Gasteiger partial charge in [0.2, 0.25) is 5.91 Å². The SMILES string of the molecule is CC[C@H](C)c1ccc(NC(=O)CSc2nnc([C@@H](C)N(C)C)n2-c2ccc(Cl)cc2)cc1. The highest BCUT2D eigenvalue weighted by Gasteiger charge is 2.21. The maximum Gasteiger partial charge on any atom is 0.234 e. The molecule has 0 saturated carbocycles. The Morgan fingerprint density at radius 3 is 2.34 bits per heavy atom. The number of nitrogens with zero attached hydrogens (tertiary/aromatic N) is 4. The number of carbonyl (C=O) groups excluding carboxylic acids is 1. The Bertz CT molecular complexity index is 1030. The van der Waals surface area contributed by atoms with Gasteiger partial charge < -0.3 is 5.32 Å². The molecule has 6 nitrogen and oxygen atoms in total. The first kappa shape index (κ1) is 24.3. The van der Waals surface area contributed by atoms with Gasteiger partial charge in [-0.25, -0.2) is 0 Å². The van der Waals surface area contributed by atoms with Crippen LogP contribution in [0.2, 0.25) is 5.02 Å². The number of hydrogen-bond acceptors (Lipinski definition) is 5. The van der Waals surface area contributed by atoms with Crippen molar-refractivity contribution in [1.29, 1.82) is 0 Å². The molecular weight excluding hydrogens is 442 g/mol. The van der Waals surface area contributed by atoms with E-state index in [4.69, 9.17) is 11.6 Å². The minimum Gasteiger partial charge on any atom is -0.325 e. The number of thioether (sulfide) groups is 1. The minimum absolute atomic E-state index is 0.0466. The summed E-state index contributed by atoms with van der Waals surface area (Å²) in [5.74, 6) is 1.46. The Hall–Kier alpha value is -2.35. The van der Waals surface area contributed by atoms with Crippen LogP contribution >= 0.6 is 23.4 Å². The van der Waals surface area contributed by atoms with E-state index in [1.807, 2.05) is 55.1 Å². The van der Waals surface area contributed by atoms with Crippen molar-refractivity contribution < 1.29 is 4.79 Å². The van der Waals surface area contributed by atoms with Crippen LogP contribution in [0, 0.1) is 0 Å². The van der Waals surface area contributed by atoms with Gasteiger partial charge in [0.05, 0.1) is 11.8 Å². The first-order valence-electron chi connectivity index (χ1n) is 10.7. The molecular formula is C24H30ClN5OS. The van der Waals surface area contributed by atoms with Crippen LogP contribution < -0.4 is 5.32 Å². The summed E-state index contributed by atoms with van der Waals surface area (Å²) in [5, 5.41) is 13.1. The molecule has 3 rings (SSSR count). The first-order chi connectivity index (χ1) is 15.3. The molecule has 1 heterocycles. The Morgan fingerprint density at radius 1 is 1.09 bits per heavy atom. The van der Waals surface area contributed by atoms with Crippen molar-refractivity contribution in [2.75, 3.05) is 25.2 Å². The van der Waals surface area contributed by atoms with Gasteiger partial charge in [0, 0.05) is 16.4 Å². The van der Waals surface area contributed by atoms with Gasteiger partial charge in [-0.05, 0) is 75.3 Å². The predicted molar refractivity (Wildman–Crippen MR) is 133 cm³/mol. The second-order valence-electron chi connectivity index (χ2n) is 8.06. The molecule has 0 bridgehead atoms. The van der Waals surface area contributed by atoms with Gasteiger partial charge in [0.15, 0.2) is 11.0 Å². The zero-order valence-electron chi connectivity index (χ0n) is 19.2. The van der Waals surface area contributed by atoms with Gasteiger partial charge >= 0.3 is 0 Å². The molecule has 170 valence electrons. The van der Waals surface area contributed by atoms with Crippen LogP contribution in [0.5, 0.6) is 0 Å². The number of halogens is 1. The van der Waals surface area contributed by atoms with Crippen LogP contribution in [0.4, 0.5) is 5.69 Å². The quantitative estimate of drug-likeness (QED) is 0.400. The summed E-state index contributed by atoms with van der Waals surface area (Å²) in [7, 11) is 4.00. The lowest BCUT2D eigenvalue weighted by molar-refractivity contribution is -0.113. The standard InChI is InChI=1S/C24H30ClN5OS/c1-6-16(2)18-7-11-20(12-8-18)26-22(31)15-32-24-28-27-23(17(3)29(4)5)30(24)21-13-9-19(25)10-14-21/h7-14,16-17H,6,15H2,1-5H3,(H,26,31)/t16-,17+/m0/s1. The highest BCUT2D eigenvalue weighted by Crippen LogP contribution is 2.28. The summed E-state index contributed by atoms with van der Waals surface area (Å²) < 4.78 is 1.99. The lowest BCUT2D eigenvalue weighted by Crippen LogP contribution is -2.21. The molecule has 0 spiro atoms. The van der Waals surface area contributed by atoms with E-state index in [2.05, 4.69) is 53.3 Å². The number of aromatic nitrogens is 3. The molecule has 0 unspecified atom stereocenters. The van der Waals surface area contributed by atoms with E-state index in [-0.39, 0.29) is 17.7 Å². The Labute approximate surface area is 199 Å². The molecule has 8 heteroatoms. The van der Waals surface area contributed by atoms with E-state index >= 15 is 0 Å². The van der Waals surface area contributed by atoms with Crippen LogP contribution in [-0.2, 0) is 4.79 Å². The predicted octanol–water partition coefficient (Wildman–Crippen LogP) is 5.79. The molecule has 2 aromatic carbocycles. The summed E-state index contributed by atoms with van der Waals surface area (Å²) in [5.41, 5.74) is 2.98. The lowest BCUT2D eigenvalue weighted by Gasteiger charge is -2.20. The normalized spacial score (nSPS) is 13.2. The van der Waals surface area contributed by atoms with E-state index in [0.717, 1.165) is 23.6 Å². The van der Waals surface area contributed by atoms with Crippen LogP contribution in [0.25, 0.3) is 5.69 Å². The van der Waals surface area contributed by atoms with E-state index in [9.17, 15) is 4.79 Å². The average molecular weight is 472 g/mol. The molecule has 0 fully saturated rings. The maximum absolute atomic E-state index is 12.6. The molecule has 1 N–H and O–H groups in total. The van der Waals surface area contributed by atoms with E-state index < -0.39 is 0 Å². The van der Waals surface area contributed by atoms with Crippen LogP contribution in [0.15, 0.2) is 53.7 Å². The van der Waals surface area contributed by atoms with Crippen molar-refractivity contribution in [2.45, 2.75) is 44.3 Å². The number of nitrogens with one attached hydrogen (secondary N) is 1. The number of rotatable bonds is 9. The lowest BCUT2D eigenvalue weighted by atomic mass is 9.99. The summed E-state index contributed by atoms with van der Waals surface area (Å²) in [6.45, 7) is 6.44. The molecule has 1 aromatic heterocycles. The molecule has 3 aromatic rings. The summed E-state index contributed by atoms with van der Waals surface area (Å²) in [6.07, 6.45) is 1.09. The largest absolute Gasteiger partial charge is 0.325 e. The molecule has 0 aliphatic rings. The number of hydrogen-bond donors (Lipinski definition) is 1.